The molecule has 2 aliphatic rings. The fraction of sp³-hybridized carbons (Fsp3) is 0.412. The van der Waals surface area contributed by atoms with E-state index in [0.29, 0.717) is 115 Å². The van der Waals surface area contributed by atoms with E-state index in [0.717, 1.165) is 36.3 Å². The minimum atomic E-state index is -3.54. The molecule has 69 heavy (non-hydrogen) atoms. The number of hydrogen-bond donors (Lipinski definition) is 2. The molecule has 0 saturated carbocycles. The predicted molar refractivity (Wildman–Crippen MR) is 262 cm³/mol. The summed E-state index contributed by atoms with van der Waals surface area (Å²) in [6.45, 7) is 12.7. The third-order valence-electron chi connectivity index (χ3n) is 12.8. The monoisotopic (exact) mass is 976 g/mol. The summed E-state index contributed by atoms with van der Waals surface area (Å²) in [5.74, 6) is 1.16. The number of oxazole rings is 2. The van der Waals surface area contributed by atoms with Crippen molar-refractivity contribution in [2.24, 2.45) is 5.92 Å². The Hall–Kier alpha value is -6.08. The van der Waals surface area contributed by atoms with E-state index in [4.69, 9.17) is 8.83 Å². The van der Waals surface area contributed by atoms with Crippen molar-refractivity contribution in [2.45, 2.75) is 95.0 Å². The van der Waals surface area contributed by atoms with E-state index >= 15 is 0 Å². The van der Waals surface area contributed by atoms with Crippen molar-refractivity contribution in [3.05, 3.63) is 142 Å². The van der Waals surface area contributed by atoms with Crippen molar-refractivity contribution in [3.8, 4) is 22.9 Å². The summed E-state index contributed by atoms with van der Waals surface area (Å²) in [7, 11) is -6.94. The first kappa shape index (κ1) is 49.3. The quantitative estimate of drug-likeness (QED) is 0.0900. The summed E-state index contributed by atoms with van der Waals surface area (Å²) >= 11 is 0. The lowest BCUT2D eigenvalue weighted by Gasteiger charge is -2.32. The Morgan fingerprint density at radius 1 is 0.638 bits per heavy atom. The predicted octanol–water partition coefficient (Wildman–Crippen LogP) is 6.88. The normalized spacial score (nSPS) is 15.7. The highest BCUT2D eigenvalue weighted by atomic mass is 32.2. The van der Waals surface area contributed by atoms with Crippen molar-refractivity contribution in [1.29, 1.82) is 0 Å². The van der Waals surface area contributed by atoms with E-state index in [9.17, 15) is 26.4 Å². The average Bonchev–Trinajstić information content (AvgIpc) is 3.89. The lowest BCUT2D eigenvalue weighted by Crippen LogP contribution is -2.41. The maximum Gasteiger partial charge on any atom is 0.251 e. The van der Waals surface area contributed by atoms with E-state index in [2.05, 4.69) is 54.2 Å². The van der Waals surface area contributed by atoms with Crippen LogP contribution in [0.25, 0.3) is 22.9 Å². The van der Waals surface area contributed by atoms with Gasteiger partial charge in [0.25, 0.3) is 11.8 Å². The minimum absolute atomic E-state index is 0.164. The SMILES string of the molecule is Cc1oc(-c2ccc(C(=O)NCc3cccnc3)cc2)nc1CS(=O)(=O)C1CCN(Cc2cncc(CNC(=O)c3ccc(-c4nc(CS(=O)(=O)C5CCN(CC(C)C)CC5)c(C)o4)cc3)c2)CC1. The van der Waals surface area contributed by atoms with Crippen LogP contribution in [-0.4, -0.2) is 102 Å². The van der Waals surface area contributed by atoms with Gasteiger partial charge < -0.3 is 24.4 Å². The molecule has 2 aromatic carbocycles. The van der Waals surface area contributed by atoms with Crippen LogP contribution in [0.4, 0.5) is 0 Å². The van der Waals surface area contributed by atoms with Gasteiger partial charge in [-0.15, -0.1) is 0 Å². The molecule has 6 aromatic rings. The van der Waals surface area contributed by atoms with Crippen LogP contribution in [0.3, 0.4) is 0 Å². The number of nitrogens with zero attached hydrogens (tertiary/aromatic N) is 6. The van der Waals surface area contributed by atoms with Gasteiger partial charge in [-0.2, -0.15) is 0 Å². The van der Waals surface area contributed by atoms with Crippen LogP contribution in [0.1, 0.15) is 99.8 Å². The Bertz CT molecular complexity index is 2940. The second-order valence-corrected chi connectivity index (χ2v) is 23.2. The molecule has 0 bridgehead atoms. The maximum absolute atomic E-state index is 13.7. The van der Waals surface area contributed by atoms with Crippen LogP contribution in [0.2, 0.25) is 0 Å². The molecule has 0 unspecified atom stereocenters. The van der Waals surface area contributed by atoms with Gasteiger partial charge >= 0.3 is 0 Å². The van der Waals surface area contributed by atoms with E-state index in [-0.39, 0.29) is 29.9 Å². The second kappa shape index (κ2) is 21.7. The number of aromatic nitrogens is 4. The number of likely N-dealkylation sites (tertiary alicyclic amines) is 2. The number of pyridine rings is 2. The number of piperidine rings is 2. The Balaban J connectivity index is 0.780. The summed E-state index contributed by atoms with van der Waals surface area (Å²) in [5, 5.41) is 4.93. The molecule has 2 aliphatic heterocycles. The number of benzene rings is 2. The summed E-state index contributed by atoms with van der Waals surface area (Å²) in [4.78, 5) is 48.0. The number of carbonyl (C=O) groups excluding carboxylic acids is 2. The molecule has 0 aliphatic carbocycles. The molecule has 2 N–H and O–H groups in total. The summed E-state index contributed by atoms with van der Waals surface area (Å²) in [5.41, 5.74) is 5.66. The van der Waals surface area contributed by atoms with Gasteiger partial charge in [0.15, 0.2) is 19.7 Å². The van der Waals surface area contributed by atoms with Crippen molar-refractivity contribution < 1.29 is 35.3 Å². The Kier molecular flexibility index (Phi) is 15.5. The zero-order valence-electron chi connectivity index (χ0n) is 39.6. The largest absolute Gasteiger partial charge is 0.441 e. The number of sulfone groups is 2. The molecule has 6 heterocycles. The molecule has 0 atom stereocenters. The average molecular weight is 977 g/mol. The molecule has 364 valence electrons. The van der Waals surface area contributed by atoms with Gasteiger partial charge in [0.05, 0.1) is 33.4 Å². The summed E-state index contributed by atoms with van der Waals surface area (Å²) in [6, 6.07) is 19.4. The fourth-order valence-electron chi connectivity index (χ4n) is 8.96. The first-order chi connectivity index (χ1) is 33.1. The molecule has 16 nitrogen and oxygen atoms in total. The molecule has 0 spiro atoms. The van der Waals surface area contributed by atoms with Gasteiger partial charge in [-0.25, -0.2) is 26.8 Å². The zero-order chi connectivity index (χ0) is 48.7. The number of hydrogen-bond acceptors (Lipinski definition) is 14. The summed E-state index contributed by atoms with van der Waals surface area (Å²) < 4.78 is 65.9. The second-order valence-electron chi connectivity index (χ2n) is 18.6. The van der Waals surface area contributed by atoms with Gasteiger partial charge in [-0.3, -0.25) is 24.5 Å². The van der Waals surface area contributed by atoms with Gasteiger partial charge in [0.2, 0.25) is 11.8 Å². The number of aryl methyl sites for hydroxylation is 2. The Morgan fingerprint density at radius 3 is 1.58 bits per heavy atom. The van der Waals surface area contributed by atoms with Crippen molar-refractivity contribution >= 4 is 31.5 Å². The van der Waals surface area contributed by atoms with Gasteiger partial charge in [-0.1, -0.05) is 19.9 Å². The third-order valence-corrected chi connectivity index (χ3v) is 17.2. The smallest absolute Gasteiger partial charge is 0.251 e. The highest BCUT2D eigenvalue weighted by Gasteiger charge is 2.33. The zero-order valence-corrected chi connectivity index (χ0v) is 41.2. The minimum Gasteiger partial charge on any atom is -0.441 e. The third kappa shape index (κ3) is 12.8. The molecule has 2 saturated heterocycles. The van der Waals surface area contributed by atoms with E-state index in [1.165, 1.54) is 0 Å². The lowest BCUT2D eigenvalue weighted by atomic mass is 10.1. The highest BCUT2D eigenvalue weighted by molar-refractivity contribution is 7.91. The van der Waals surface area contributed by atoms with Crippen LogP contribution in [0.5, 0.6) is 0 Å². The standard InChI is InChI=1S/C51H60N8O8S2/c1-34(2)30-58-20-15-44(16-21-58)68(62,63)32-46-35(3)66-51(56-46)43-13-9-41(10-14-43)49(61)55-29-38-24-39(27-53-26-38)31-59-22-17-45(18-23-59)69(64,65)33-47-36(4)67-50(57-47)42-11-7-40(8-12-42)48(60)54-28-37-6-5-19-52-25-37/h5-14,19,24-27,34,44-45H,15-18,20-23,28-33H2,1-4H3,(H,54,60)(H,55,61). The maximum atomic E-state index is 13.7. The van der Waals surface area contributed by atoms with E-state index < -0.39 is 30.2 Å². The van der Waals surface area contributed by atoms with Gasteiger partial charge in [0, 0.05) is 73.2 Å². The van der Waals surface area contributed by atoms with Crippen LogP contribution >= 0.6 is 0 Å². The van der Waals surface area contributed by atoms with Crippen molar-refractivity contribution in [1.82, 2.24) is 40.4 Å². The van der Waals surface area contributed by atoms with Gasteiger partial charge in [-0.05, 0) is 149 Å². The molecular weight excluding hydrogens is 917 g/mol. The molecule has 0 radical (unpaired) electrons. The summed E-state index contributed by atoms with van der Waals surface area (Å²) in [6.07, 6.45) is 9.07. The molecule has 4 aromatic heterocycles. The van der Waals surface area contributed by atoms with Crippen molar-refractivity contribution in [3.63, 3.8) is 0 Å². The van der Waals surface area contributed by atoms with Crippen LogP contribution in [0, 0.1) is 19.8 Å². The lowest BCUT2D eigenvalue weighted by molar-refractivity contribution is 0.0943. The molecule has 2 amide bonds. The van der Waals surface area contributed by atoms with E-state index in [1.807, 2.05) is 18.2 Å². The van der Waals surface area contributed by atoms with E-state index in [1.54, 1.807) is 87.2 Å². The first-order valence-electron chi connectivity index (χ1n) is 23.5. The number of carbonyl (C=O) groups is 2. The highest BCUT2D eigenvalue weighted by Crippen LogP contribution is 2.29. The van der Waals surface area contributed by atoms with Crippen LogP contribution in [-0.2, 0) is 50.8 Å². The fourth-order valence-corrected chi connectivity index (χ4v) is 12.6. The molecular formula is C51H60N8O8S2. The van der Waals surface area contributed by atoms with Gasteiger partial charge in [0.1, 0.15) is 11.5 Å². The Morgan fingerprint density at radius 2 is 1.10 bits per heavy atom. The number of nitrogens with one attached hydrogen (secondary N) is 2. The van der Waals surface area contributed by atoms with Crippen LogP contribution in [0.15, 0.2) is 100 Å². The van der Waals surface area contributed by atoms with Crippen LogP contribution < -0.4 is 10.6 Å². The van der Waals surface area contributed by atoms with Crippen molar-refractivity contribution in [2.75, 3.05) is 32.7 Å². The number of amides is 2. The topological polar surface area (TPSA) is 211 Å². The first-order valence-corrected chi connectivity index (χ1v) is 26.9. The number of rotatable bonds is 18. The molecule has 18 heteroatoms. The Labute approximate surface area is 404 Å². The molecule has 2 fully saturated rings. The molecule has 8 rings (SSSR count).